The van der Waals surface area contributed by atoms with Crippen molar-refractivity contribution in [1.29, 1.82) is 0 Å². The van der Waals surface area contributed by atoms with Crippen molar-refractivity contribution in [3.05, 3.63) is 30.0 Å². The number of hydrogen-bond acceptors (Lipinski definition) is 4. The van der Waals surface area contributed by atoms with Gasteiger partial charge in [0.25, 0.3) is 0 Å². The van der Waals surface area contributed by atoms with Gasteiger partial charge in [-0.2, -0.15) is 0 Å². The first kappa shape index (κ1) is 8.62. The first-order chi connectivity index (χ1) is 6.74. The molecule has 1 aromatic heterocycles. The van der Waals surface area contributed by atoms with Gasteiger partial charge in [-0.1, -0.05) is 0 Å². The number of carbonyl (C=O) groups excluding carboxylic acids is 1. The SMILES string of the molecule is COC(=O)c1ccc(O)c2occc12. The fourth-order valence-corrected chi connectivity index (χ4v) is 1.34. The maximum absolute atomic E-state index is 11.3. The van der Waals surface area contributed by atoms with Crippen LogP contribution in [0.25, 0.3) is 11.0 Å². The number of ether oxygens (including phenoxy) is 1. The fraction of sp³-hybridized carbons (Fsp3) is 0.100. The summed E-state index contributed by atoms with van der Waals surface area (Å²) in [5.41, 5.74) is 0.682. The minimum absolute atomic E-state index is 0.0117. The molecule has 0 atom stereocenters. The highest BCUT2D eigenvalue weighted by molar-refractivity contribution is 6.04. The van der Waals surface area contributed by atoms with Crippen molar-refractivity contribution in [1.82, 2.24) is 0 Å². The zero-order valence-corrected chi connectivity index (χ0v) is 7.48. The van der Waals surface area contributed by atoms with Crippen LogP contribution in [0.5, 0.6) is 5.75 Å². The standard InChI is InChI=1S/C10H8O4/c1-13-10(12)7-2-3-8(11)9-6(7)4-5-14-9/h2-5,11H,1H3. The summed E-state index contributed by atoms with van der Waals surface area (Å²) in [4.78, 5) is 11.3. The Bertz CT molecular complexity index is 484. The summed E-state index contributed by atoms with van der Waals surface area (Å²) in [6.07, 6.45) is 1.41. The van der Waals surface area contributed by atoms with Gasteiger partial charge in [-0.05, 0) is 18.2 Å². The number of hydrogen-bond donors (Lipinski definition) is 1. The van der Waals surface area contributed by atoms with Gasteiger partial charge < -0.3 is 14.3 Å². The van der Waals surface area contributed by atoms with Crippen molar-refractivity contribution in [2.75, 3.05) is 7.11 Å². The minimum Gasteiger partial charge on any atom is -0.504 e. The Hall–Kier alpha value is -1.97. The van der Waals surface area contributed by atoms with Crippen LogP contribution in [-0.2, 0) is 4.74 Å². The number of benzene rings is 1. The van der Waals surface area contributed by atoms with Crippen LogP contribution < -0.4 is 0 Å². The average Bonchev–Trinajstić information content (AvgIpc) is 2.67. The van der Waals surface area contributed by atoms with Crippen molar-refractivity contribution >= 4 is 16.9 Å². The lowest BCUT2D eigenvalue weighted by Gasteiger charge is -2.00. The van der Waals surface area contributed by atoms with Gasteiger partial charge in [-0.25, -0.2) is 4.79 Å². The summed E-state index contributed by atoms with van der Waals surface area (Å²) in [5, 5.41) is 9.95. The van der Waals surface area contributed by atoms with E-state index in [1.165, 1.54) is 25.5 Å². The van der Waals surface area contributed by atoms with Crippen molar-refractivity contribution in [3.63, 3.8) is 0 Å². The molecule has 4 nitrogen and oxygen atoms in total. The predicted molar refractivity (Wildman–Crippen MR) is 49.2 cm³/mol. The van der Waals surface area contributed by atoms with Crippen LogP contribution in [0.4, 0.5) is 0 Å². The van der Waals surface area contributed by atoms with Crippen molar-refractivity contribution in [2.45, 2.75) is 0 Å². The summed E-state index contributed by atoms with van der Waals surface area (Å²) in [7, 11) is 1.31. The Labute approximate surface area is 79.7 Å². The first-order valence-electron chi connectivity index (χ1n) is 4.01. The second kappa shape index (κ2) is 3.06. The minimum atomic E-state index is -0.448. The zero-order valence-electron chi connectivity index (χ0n) is 7.48. The van der Waals surface area contributed by atoms with Gasteiger partial charge in [0.1, 0.15) is 0 Å². The lowest BCUT2D eigenvalue weighted by molar-refractivity contribution is 0.0603. The number of phenols is 1. The molecule has 0 radical (unpaired) electrons. The smallest absolute Gasteiger partial charge is 0.338 e. The Balaban J connectivity index is 2.72. The highest BCUT2D eigenvalue weighted by atomic mass is 16.5. The normalized spacial score (nSPS) is 10.4. The third-order valence-electron chi connectivity index (χ3n) is 2.00. The Morgan fingerprint density at radius 3 is 2.93 bits per heavy atom. The van der Waals surface area contributed by atoms with Gasteiger partial charge in [0.2, 0.25) is 0 Å². The van der Waals surface area contributed by atoms with Crippen molar-refractivity contribution in [3.8, 4) is 5.75 Å². The highest BCUT2D eigenvalue weighted by Gasteiger charge is 2.14. The molecule has 0 aliphatic rings. The lowest BCUT2D eigenvalue weighted by atomic mass is 10.1. The molecule has 14 heavy (non-hydrogen) atoms. The van der Waals surface area contributed by atoms with E-state index in [0.29, 0.717) is 16.5 Å². The Morgan fingerprint density at radius 1 is 1.43 bits per heavy atom. The highest BCUT2D eigenvalue weighted by Crippen LogP contribution is 2.28. The molecule has 1 N–H and O–H groups in total. The molecule has 4 heteroatoms. The number of furan rings is 1. The average molecular weight is 192 g/mol. The molecule has 0 unspecified atom stereocenters. The van der Waals surface area contributed by atoms with E-state index in [-0.39, 0.29) is 5.75 Å². The van der Waals surface area contributed by atoms with Gasteiger partial charge in [0.05, 0.1) is 18.9 Å². The molecule has 0 aliphatic carbocycles. The van der Waals surface area contributed by atoms with E-state index in [2.05, 4.69) is 4.74 Å². The second-order valence-electron chi connectivity index (χ2n) is 2.79. The van der Waals surface area contributed by atoms with Gasteiger partial charge in [0, 0.05) is 5.39 Å². The topological polar surface area (TPSA) is 59.7 Å². The molecular formula is C10H8O4. The molecular weight excluding hydrogens is 184 g/mol. The van der Waals surface area contributed by atoms with E-state index in [9.17, 15) is 9.90 Å². The number of aromatic hydroxyl groups is 1. The summed E-state index contributed by atoms with van der Waals surface area (Å²) in [5.74, 6) is -0.436. The number of carbonyl (C=O) groups is 1. The summed E-state index contributed by atoms with van der Waals surface area (Å²) in [6, 6.07) is 4.51. The van der Waals surface area contributed by atoms with E-state index < -0.39 is 5.97 Å². The molecule has 72 valence electrons. The third-order valence-corrected chi connectivity index (χ3v) is 2.00. The van der Waals surface area contributed by atoms with E-state index in [1.54, 1.807) is 6.07 Å². The maximum Gasteiger partial charge on any atom is 0.338 e. The van der Waals surface area contributed by atoms with Crippen LogP contribution in [0.3, 0.4) is 0 Å². The maximum atomic E-state index is 11.3. The molecule has 0 spiro atoms. The molecule has 0 aliphatic heterocycles. The van der Waals surface area contributed by atoms with Crippen molar-refractivity contribution < 1.29 is 19.1 Å². The predicted octanol–water partition coefficient (Wildman–Crippen LogP) is 1.93. The number of fused-ring (bicyclic) bond motifs is 1. The lowest BCUT2D eigenvalue weighted by Crippen LogP contribution is -2.00. The molecule has 0 bridgehead atoms. The molecule has 2 aromatic rings. The van der Waals surface area contributed by atoms with Gasteiger partial charge in [-0.3, -0.25) is 0 Å². The van der Waals surface area contributed by atoms with Crippen LogP contribution in [0, 0.1) is 0 Å². The second-order valence-corrected chi connectivity index (χ2v) is 2.79. The van der Waals surface area contributed by atoms with Crippen LogP contribution in [-0.4, -0.2) is 18.2 Å². The molecule has 0 amide bonds. The van der Waals surface area contributed by atoms with Crippen LogP contribution in [0.2, 0.25) is 0 Å². The Morgan fingerprint density at radius 2 is 2.21 bits per heavy atom. The monoisotopic (exact) mass is 192 g/mol. The van der Waals surface area contributed by atoms with E-state index in [4.69, 9.17) is 4.42 Å². The van der Waals surface area contributed by atoms with Gasteiger partial charge >= 0.3 is 5.97 Å². The molecule has 1 heterocycles. The van der Waals surface area contributed by atoms with Crippen LogP contribution in [0.15, 0.2) is 28.9 Å². The quantitative estimate of drug-likeness (QED) is 0.701. The summed E-state index contributed by atoms with van der Waals surface area (Å²) >= 11 is 0. The van der Waals surface area contributed by atoms with E-state index in [1.807, 2.05) is 0 Å². The molecule has 0 saturated carbocycles. The largest absolute Gasteiger partial charge is 0.504 e. The van der Waals surface area contributed by atoms with E-state index >= 15 is 0 Å². The molecule has 2 rings (SSSR count). The summed E-state index contributed by atoms with van der Waals surface area (Å²) < 4.78 is 9.62. The fourth-order valence-electron chi connectivity index (χ4n) is 1.34. The number of phenolic OH excluding ortho intramolecular Hbond substituents is 1. The first-order valence-corrected chi connectivity index (χ1v) is 4.01. The third kappa shape index (κ3) is 1.12. The van der Waals surface area contributed by atoms with Crippen LogP contribution in [0.1, 0.15) is 10.4 Å². The Kier molecular flexibility index (Phi) is 1.89. The molecule has 1 aromatic carbocycles. The number of esters is 1. The molecule has 0 fully saturated rings. The number of rotatable bonds is 1. The summed E-state index contributed by atoms with van der Waals surface area (Å²) in [6.45, 7) is 0. The van der Waals surface area contributed by atoms with Gasteiger partial charge in [0.15, 0.2) is 11.3 Å². The van der Waals surface area contributed by atoms with E-state index in [0.717, 1.165) is 0 Å². The van der Waals surface area contributed by atoms with Crippen molar-refractivity contribution in [2.24, 2.45) is 0 Å². The number of methoxy groups -OCH3 is 1. The van der Waals surface area contributed by atoms with Crippen LogP contribution >= 0.6 is 0 Å². The zero-order chi connectivity index (χ0) is 10.1. The molecule has 0 saturated heterocycles. The van der Waals surface area contributed by atoms with Gasteiger partial charge in [-0.15, -0.1) is 0 Å².